The standard InChI is InChI=1S/C13H27N3O2S2/c1-10(2)7-6-8-15-20-16-11(19)9-14-12(17)18-13(3,4)5/h10,15H,6-9H2,1-5H3,(H,14,17)(H,16,19). The average molecular weight is 322 g/mol. The van der Waals surface area contributed by atoms with Crippen molar-refractivity contribution < 1.29 is 9.53 Å². The summed E-state index contributed by atoms with van der Waals surface area (Å²) in [7, 11) is 0. The topological polar surface area (TPSA) is 62.4 Å². The highest BCUT2D eigenvalue weighted by Gasteiger charge is 2.15. The molecule has 20 heavy (non-hydrogen) atoms. The van der Waals surface area contributed by atoms with Crippen molar-refractivity contribution in [3.8, 4) is 0 Å². The van der Waals surface area contributed by atoms with Crippen LogP contribution in [0.25, 0.3) is 0 Å². The van der Waals surface area contributed by atoms with Gasteiger partial charge in [-0.1, -0.05) is 26.1 Å². The van der Waals surface area contributed by atoms with E-state index < -0.39 is 11.7 Å². The molecule has 0 fully saturated rings. The van der Waals surface area contributed by atoms with Crippen LogP contribution in [0.2, 0.25) is 0 Å². The zero-order chi connectivity index (χ0) is 15.6. The minimum Gasteiger partial charge on any atom is -0.444 e. The van der Waals surface area contributed by atoms with Gasteiger partial charge in [-0.15, -0.1) is 0 Å². The maximum Gasteiger partial charge on any atom is 0.408 e. The number of ether oxygens (including phenoxy) is 1. The molecule has 0 saturated heterocycles. The lowest BCUT2D eigenvalue weighted by atomic mass is 10.1. The number of nitrogens with one attached hydrogen (secondary N) is 3. The molecule has 118 valence electrons. The molecule has 0 heterocycles. The highest BCUT2D eigenvalue weighted by atomic mass is 32.2. The van der Waals surface area contributed by atoms with Crippen LogP contribution in [0.4, 0.5) is 4.79 Å². The van der Waals surface area contributed by atoms with Crippen molar-refractivity contribution >= 4 is 35.4 Å². The summed E-state index contributed by atoms with van der Waals surface area (Å²) in [4.78, 5) is 12.0. The van der Waals surface area contributed by atoms with Crippen molar-refractivity contribution in [1.82, 2.24) is 14.8 Å². The van der Waals surface area contributed by atoms with Crippen molar-refractivity contribution in [2.45, 2.75) is 53.1 Å². The molecule has 0 spiro atoms. The first kappa shape index (κ1) is 19.5. The third-order valence-corrected chi connectivity index (χ3v) is 3.16. The molecule has 7 heteroatoms. The van der Waals surface area contributed by atoms with Gasteiger partial charge in [0.1, 0.15) is 10.6 Å². The highest BCUT2D eigenvalue weighted by Crippen LogP contribution is 2.06. The van der Waals surface area contributed by atoms with E-state index in [0.717, 1.165) is 18.9 Å². The highest BCUT2D eigenvalue weighted by molar-refractivity contribution is 7.97. The van der Waals surface area contributed by atoms with E-state index in [9.17, 15) is 4.79 Å². The van der Waals surface area contributed by atoms with Crippen molar-refractivity contribution in [1.29, 1.82) is 0 Å². The van der Waals surface area contributed by atoms with E-state index in [-0.39, 0.29) is 6.54 Å². The number of alkyl carbamates (subject to hydrolysis) is 1. The number of thiocarbonyl (C=S) groups is 1. The molecule has 0 aliphatic carbocycles. The number of amides is 1. The lowest BCUT2D eigenvalue weighted by Gasteiger charge is -2.19. The normalized spacial score (nSPS) is 11.3. The molecule has 0 radical (unpaired) electrons. The first-order chi connectivity index (χ1) is 9.20. The van der Waals surface area contributed by atoms with E-state index in [0.29, 0.717) is 4.99 Å². The van der Waals surface area contributed by atoms with Gasteiger partial charge in [0.25, 0.3) is 0 Å². The Kier molecular flexibility index (Phi) is 9.96. The molecule has 3 N–H and O–H groups in total. The van der Waals surface area contributed by atoms with Gasteiger partial charge in [-0.05, 0) is 39.5 Å². The fourth-order valence-corrected chi connectivity index (χ4v) is 1.93. The molecule has 0 unspecified atom stereocenters. The molecule has 0 aliphatic heterocycles. The minimum absolute atomic E-state index is 0.269. The fourth-order valence-electron chi connectivity index (χ4n) is 1.23. The summed E-state index contributed by atoms with van der Waals surface area (Å²) in [5, 5.41) is 2.60. The van der Waals surface area contributed by atoms with Crippen LogP contribution >= 0.6 is 24.4 Å². The van der Waals surface area contributed by atoms with Gasteiger partial charge in [0.2, 0.25) is 0 Å². The van der Waals surface area contributed by atoms with E-state index in [1.807, 2.05) is 20.8 Å². The van der Waals surface area contributed by atoms with Crippen molar-refractivity contribution in [2.75, 3.05) is 13.1 Å². The molecule has 0 aromatic carbocycles. The summed E-state index contributed by atoms with van der Waals surface area (Å²) in [6.45, 7) is 11.1. The summed E-state index contributed by atoms with van der Waals surface area (Å²) < 4.78 is 11.2. The predicted molar refractivity (Wildman–Crippen MR) is 89.6 cm³/mol. The second kappa shape index (κ2) is 10.2. The molecular formula is C13H27N3O2S2. The van der Waals surface area contributed by atoms with Crippen molar-refractivity contribution in [2.24, 2.45) is 5.92 Å². The number of hydrogen-bond donors (Lipinski definition) is 3. The number of carbonyl (C=O) groups excluding carboxylic acids is 1. The van der Waals surface area contributed by atoms with E-state index in [1.54, 1.807) is 0 Å². The Labute approximate surface area is 132 Å². The lowest BCUT2D eigenvalue weighted by molar-refractivity contribution is 0.0536. The lowest BCUT2D eigenvalue weighted by Crippen LogP contribution is -2.38. The zero-order valence-electron chi connectivity index (χ0n) is 13.0. The number of carbonyl (C=O) groups is 1. The first-order valence-electron chi connectivity index (χ1n) is 6.85. The molecule has 0 saturated carbocycles. The molecule has 0 aliphatic rings. The first-order valence-corrected chi connectivity index (χ1v) is 8.07. The summed E-state index contributed by atoms with van der Waals surface area (Å²) in [5.74, 6) is 0.730. The molecule has 0 aromatic rings. The Balaban J connectivity index is 3.53. The Morgan fingerprint density at radius 1 is 1.35 bits per heavy atom. The van der Waals surface area contributed by atoms with Gasteiger partial charge in [-0.2, -0.15) is 0 Å². The molecular weight excluding hydrogens is 294 g/mol. The monoisotopic (exact) mass is 321 g/mol. The fraction of sp³-hybridized carbons (Fsp3) is 0.846. The van der Waals surface area contributed by atoms with E-state index >= 15 is 0 Å². The molecule has 5 nitrogen and oxygen atoms in total. The SMILES string of the molecule is CC(C)CCCNSNC(=S)CNC(=O)OC(C)(C)C. The zero-order valence-corrected chi connectivity index (χ0v) is 14.7. The van der Waals surface area contributed by atoms with Crippen LogP contribution in [0, 0.1) is 5.92 Å². The largest absolute Gasteiger partial charge is 0.444 e. The Morgan fingerprint density at radius 2 is 2.00 bits per heavy atom. The smallest absolute Gasteiger partial charge is 0.408 e. The van der Waals surface area contributed by atoms with E-state index in [2.05, 4.69) is 28.6 Å². The van der Waals surface area contributed by atoms with Crippen molar-refractivity contribution in [3.63, 3.8) is 0 Å². The van der Waals surface area contributed by atoms with Crippen LogP contribution in [0.15, 0.2) is 0 Å². The van der Waals surface area contributed by atoms with Crippen LogP contribution in [-0.4, -0.2) is 29.8 Å². The van der Waals surface area contributed by atoms with E-state index in [4.69, 9.17) is 17.0 Å². The van der Waals surface area contributed by atoms with Gasteiger partial charge in [0.15, 0.2) is 0 Å². The molecule has 0 rings (SSSR count). The second-order valence-electron chi connectivity index (χ2n) is 5.91. The Morgan fingerprint density at radius 3 is 2.55 bits per heavy atom. The van der Waals surface area contributed by atoms with Crippen LogP contribution in [0.5, 0.6) is 0 Å². The maximum atomic E-state index is 11.4. The van der Waals surface area contributed by atoms with Crippen LogP contribution in [0.1, 0.15) is 47.5 Å². The maximum absolute atomic E-state index is 11.4. The molecule has 1 amide bonds. The van der Waals surface area contributed by atoms with Gasteiger partial charge in [-0.3, -0.25) is 0 Å². The van der Waals surface area contributed by atoms with Gasteiger partial charge in [-0.25, -0.2) is 9.52 Å². The van der Waals surface area contributed by atoms with Gasteiger partial charge in [0.05, 0.1) is 6.54 Å². The number of rotatable bonds is 8. The molecule has 0 atom stereocenters. The average Bonchev–Trinajstić information content (AvgIpc) is 2.28. The quantitative estimate of drug-likeness (QED) is 0.363. The Hall–Kier alpha value is -0.530. The third kappa shape index (κ3) is 13.9. The van der Waals surface area contributed by atoms with Crippen LogP contribution in [-0.2, 0) is 4.74 Å². The third-order valence-electron chi connectivity index (χ3n) is 2.09. The van der Waals surface area contributed by atoms with Gasteiger partial charge in [0, 0.05) is 18.7 Å². The van der Waals surface area contributed by atoms with Crippen LogP contribution < -0.4 is 14.8 Å². The second-order valence-corrected chi connectivity index (χ2v) is 7.10. The predicted octanol–water partition coefficient (Wildman–Crippen LogP) is 3.02. The number of hydrogen-bond acceptors (Lipinski definition) is 5. The Bertz CT molecular complexity index is 304. The van der Waals surface area contributed by atoms with Gasteiger partial charge >= 0.3 is 6.09 Å². The van der Waals surface area contributed by atoms with Crippen molar-refractivity contribution in [3.05, 3.63) is 0 Å². The minimum atomic E-state index is -0.494. The van der Waals surface area contributed by atoms with E-state index in [1.165, 1.54) is 18.6 Å². The van der Waals surface area contributed by atoms with Crippen LogP contribution in [0.3, 0.4) is 0 Å². The summed E-state index contributed by atoms with van der Waals surface area (Å²) in [5.41, 5.74) is -0.494. The summed E-state index contributed by atoms with van der Waals surface area (Å²) >= 11 is 6.44. The summed E-state index contributed by atoms with van der Waals surface area (Å²) in [6, 6.07) is 0. The summed E-state index contributed by atoms with van der Waals surface area (Å²) in [6.07, 6.45) is 1.88. The van der Waals surface area contributed by atoms with Gasteiger partial charge < -0.3 is 14.8 Å². The molecule has 0 bridgehead atoms. The molecule has 0 aromatic heterocycles.